The molecule has 0 aliphatic rings. The summed E-state index contributed by atoms with van der Waals surface area (Å²) in [6.45, 7) is 6.95. The van der Waals surface area contributed by atoms with Crippen molar-refractivity contribution in [2.45, 2.75) is 32.8 Å². The fraction of sp³-hybridized carbons (Fsp3) is 0.700. The van der Waals surface area contributed by atoms with Crippen molar-refractivity contribution in [1.29, 1.82) is 0 Å². The molecule has 0 spiro atoms. The van der Waals surface area contributed by atoms with Crippen molar-refractivity contribution in [2.75, 3.05) is 6.61 Å². The molecule has 3 heteroatoms. The second kappa shape index (κ2) is 3.92. The third-order valence-corrected chi connectivity index (χ3v) is 1.81. The van der Waals surface area contributed by atoms with Crippen LogP contribution in [0.25, 0.3) is 0 Å². The van der Waals surface area contributed by atoms with E-state index in [0.29, 0.717) is 0 Å². The molecule has 1 rings (SSSR count). The van der Waals surface area contributed by atoms with E-state index in [4.69, 9.17) is 4.74 Å². The summed E-state index contributed by atoms with van der Waals surface area (Å²) in [4.78, 5) is 4.04. The largest absolute Gasteiger partial charge is 0.375 e. The molecule has 1 heterocycles. The number of hydrogen-bond acceptors (Lipinski definition) is 2. The van der Waals surface area contributed by atoms with Crippen LogP contribution in [0.15, 0.2) is 12.5 Å². The molecule has 0 fully saturated rings. The number of nitrogens with zero attached hydrogens (tertiary/aromatic N) is 2. The van der Waals surface area contributed by atoms with E-state index in [1.165, 1.54) is 5.69 Å². The standard InChI is InChI=1S/C10H18N2O/c1-10(2,3)13-6-5-9-7-11-8-12(9)4/h7-8H,5-6H2,1-4H3. The van der Waals surface area contributed by atoms with E-state index < -0.39 is 0 Å². The normalized spacial score (nSPS) is 12.0. The van der Waals surface area contributed by atoms with Gasteiger partial charge in [-0.3, -0.25) is 0 Å². The van der Waals surface area contributed by atoms with Crippen LogP contribution in [0.3, 0.4) is 0 Å². The molecule has 0 aliphatic carbocycles. The average Bonchev–Trinajstić information content (AvgIpc) is 2.34. The van der Waals surface area contributed by atoms with Crippen molar-refractivity contribution >= 4 is 0 Å². The number of imidazole rings is 1. The molecule has 0 aliphatic heterocycles. The van der Waals surface area contributed by atoms with Crippen LogP contribution in [0.4, 0.5) is 0 Å². The van der Waals surface area contributed by atoms with E-state index in [1.807, 2.05) is 24.1 Å². The summed E-state index contributed by atoms with van der Waals surface area (Å²) in [5.41, 5.74) is 1.17. The Morgan fingerprint density at radius 2 is 2.15 bits per heavy atom. The second-order valence-electron chi connectivity index (χ2n) is 4.21. The van der Waals surface area contributed by atoms with Crippen LogP contribution in [-0.4, -0.2) is 21.8 Å². The number of ether oxygens (including phenoxy) is 1. The highest BCUT2D eigenvalue weighted by molar-refractivity contribution is 4.97. The second-order valence-corrected chi connectivity index (χ2v) is 4.21. The number of aryl methyl sites for hydroxylation is 1. The Kier molecular flexibility index (Phi) is 3.09. The summed E-state index contributed by atoms with van der Waals surface area (Å²) >= 11 is 0. The quantitative estimate of drug-likeness (QED) is 0.712. The molecule has 1 aromatic rings. The summed E-state index contributed by atoms with van der Waals surface area (Å²) in [7, 11) is 2.00. The highest BCUT2D eigenvalue weighted by Gasteiger charge is 2.09. The molecule has 0 atom stereocenters. The van der Waals surface area contributed by atoms with Gasteiger partial charge >= 0.3 is 0 Å². The van der Waals surface area contributed by atoms with Crippen molar-refractivity contribution in [3.8, 4) is 0 Å². The van der Waals surface area contributed by atoms with Gasteiger partial charge in [0, 0.05) is 25.4 Å². The minimum atomic E-state index is -0.0431. The Bertz CT molecular complexity index is 260. The zero-order valence-corrected chi connectivity index (χ0v) is 8.87. The van der Waals surface area contributed by atoms with Gasteiger partial charge in [0.05, 0.1) is 18.5 Å². The maximum atomic E-state index is 5.62. The zero-order valence-electron chi connectivity index (χ0n) is 8.87. The van der Waals surface area contributed by atoms with Gasteiger partial charge in [0.15, 0.2) is 0 Å². The molecule has 0 bridgehead atoms. The predicted molar refractivity (Wildman–Crippen MR) is 52.6 cm³/mol. The topological polar surface area (TPSA) is 27.1 Å². The Labute approximate surface area is 79.7 Å². The third kappa shape index (κ3) is 3.59. The monoisotopic (exact) mass is 182 g/mol. The molecule has 13 heavy (non-hydrogen) atoms. The Balaban J connectivity index is 2.32. The van der Waals surface area contributed by atoms with Gasteiger partial charge in [-0.05, 0) is 20.8 Å². The average molecular weight is 182 g/mol. The van der Waals surface area contributed by atoms with E-state index >= 15 is 0 Å². The zero-order chi connectivity index (χ0) is 9.90. The van der Waals surface area contributed by atoms with Gasteiger partial charge in [-0.25, -0.2) is 4.98 Å². The van der Waals surface area contributed by atoms with E-state index in [2.05, 4.69) is 25.8 Å². The molecule has 0 radical (unpaired) electrons. The van der Waals surface area contributed by atoms with Crippen LogP contribution in [0.2, 0.25) is 0 Å². The van der Waals surface area contributed by atoms with Crippen LogP contribution in [-0.2, 0) is 18.2 Å². The first-order valence-electron chi connectivity index (χ1n) is 4.58. The summed E-state index contributed by atoms with van der Waals surface area (Å²) in [6, 6.07) is 0. The maximum Gasteiger partial charge on any atom is 0.0945 e. The van der Waals surface area contributed by atoms with E-state index in [-0.39, 0.29) is 5.60 Å². The van der Waals surface area contributed by atoms with E-state index in [1.54, 1.807) is 0 Å². The van der Waals surface area contributed by atoms with Gasteiger partial charge in [0.2, 0.25) is 0 Å². The molecule has 3 nitrogen and oxygen atoms in total. The fourth-order valence-corrected chi connectivity index (χ4v) is 1.09. The van der Waals surface area contributed by atoms with E-state index in [9.17, 15) is 0 Å². The molecular formula is C10H18N2O. The van der Waals surface area contributed by atoms with Crippen LogP contribution < -0.4 is 0 Å². The first-order chi connectivity index (χ1) is 5.99. The Morgan fingerprint density at radius 3 is 2.62 bits per heavy atom. The van der Waals surface area contributed by atoms with Crippen molar-refractivity contribution in [3.63, 3.8) is 0 Å². The van der Waals surface area contributed by atoms with Crippen molar-refractivity contribution in [1.82, 2.24) is 9.55 Å². The van der Waals surface area contributed by atoms with Crippen molar-refractivity contribution < 1.29 is 4.74 Å². The molecule has 0 saturated carbocycles. The molecular weight excluding hydrogens is 164 g/mol. The van der Waals surface area contributed by atoms with Gasteiger partial charge in [-0.2, -0.15) is 0 Å². The predicted octanol–water partition coefficient (Wildman–Crippen LogP) is 1.78. The van der Waals surface area contributed by atoms with Crippen LogP contribution in [0.1, 0.15) is 26.5 Å². The van der Waals surface area contributed by atoms with Gasteiger partial charge in [0.25, 0.3) is 0 Å². The lowest BCUT2D eigenvalue weighted by Crippen LogP contribution is -2.20. The Morgan fingerprint density at radius 1 is 1.46 bits per heavy atom. The highest BCUT2D eigenvalue weighted by Crippen LogP contribution is 2.07. The molecule has 0 amide bonds. The lowest BCUT2D eigenvalue weighted by atomic mass is 10.2. The first kappa shape index (κ1) is 10.3. The lowest BCUT2D eigenvalue weighted by molar-refractivity contribution is -0.00146. The van der Waals surface area contributed by atoms with Gasteiger partial charge in [0.1, 0.15) is 0 Å². The van der Waals surface area contributed by atoms with Crippen LogP contribution >= 0.6 is 0 Å². The van der Waals surface area contributed by atoms with Crippen molar-refractivity contribution in [3.05, 3.63) is 18.2 Å². The summed E-state index contributed by atoms with van der Waals surface area (Å²) in [5.74, 6) is 0. The lowest BCUT2D eigenvalue weighted by Gasteiger charge is -2.19. The number of rotatable bonds is 3. The number of hydrogen-bond donors (Lipinski definition) is 0. The fourth-order valence-electron chi connectivity index (χ4n) is 1.09. The molecule has 0 N–H and O–H groups in total. The number of aromatic nitrogens is 2. The summed E-state index contributed by atoms with van der Waals surface area (Å²) < 4.78 is 7.64. The molecule has 0 saturated heterocycles. The maximum absolute atomic E-state index is 5.62. The van der Waals surface area contributed by atoms with Crippen LogP contribution in [0.5, 0.6) is 0 Å². The molecule has 0 unspecified atom stereocenters. The molecule has 74 valence electrons. The van der Waals surface area contributed by atoms with Crippen molar-refractivity contribution in [2.24, 2.45) is 7.05 Å². The Hall–Kier alpha value is -0.830. The summed E-state index contributed by atoms with van der Waals surface area (Å²) in [6.07, 6.45) is 4.62. The SMILES string of the molecule is Cn1cncc1CCOC(C)(C)C. The molecule has 1 aromatic heterocycles. The molecule has 0 aromatic carbocycles. The van der Waals surface area contributed by atoms with Crippen LogP contribution in [0, 0.1) is 0 Å². The smallest absolute Gasteiger partial charge is 0.0945 e. The summed E-state index contributed by atoms with van der Waals surface area (Å²) in [5, 5.41) is 0. The van der Waals surface area contributed by atoms with Gasteiger partial charge in [-0.15, -0.1) is 0 Å². The third-order valence-electron chi connectivity index (χ3n) is 1.81. The minimum absolute atomic E-state index is 0.0431. The van der Waals surface area contributed by atoms with E-state index in [0.717, 1.165) is 13.0 Å². The van der Waals surface area contributed by atoms with Gasteiger partial charge in [-0.1, -0.05) is 0 Å². The highest BCUT2D eigenvalue weighted by atomic mass is 16.5. The minimum Gasteiger partial charge on any atom is -0.375 e. The van der Waals surface area contributed by atoms with Gasteiger partial charge < -0.3 is 9.30 Å². The first-order valence-corrected chi connectivity index (χ1v) is 4.58.